The van der Waals surface area contributed by atoms with Crippen LogP contribution in [0.3, 0.4) is 0 Å². The smallest absolute Gasteiger partial charge is 0.197 e. The molecule has 4 nitrogen and oxygen atoms in total. The van der Waals surface area contributed by atoms with E-state index in [1.165, 1.54) is 19.1 Å². The van der Waals surface area contributed by atoms with Gasteiger partial charge in [0.05, 0.1) is 4.47 Å². The molecule has 0 aliphatic heterocycles. The van der Waals surface area contributed by atoms with Gasteiger partial charge in [-0.25, -0.2) is 0 Å². The summed E-state index contributed by atoms with van der Waals surface area (Å²) in [7, 11) is 0. The molecule has 0 saturated heterocycles. The third-order valence-electron chi connectivity index (χ3n) is 3.36. The van der Waals surface area contributed by atoms with E-state index in [0.717, 1.165) is 5.56 Å². The largest absolute Gasteiger partial charge is 0.507 e. The number of aromatic hydroxyl groups is 1. The molecule has 0 saturated carbocycles. The molecule has 5 heteroatoms. The van der Waals surface area contributed by atoms with E-state index in [9.17, 15) is 14.7 Å². The van der Waals surface area contributed by atoms with Gasteiger partial charge in [0.2, 0.25) is 0 Å². The molecular formula is C17H11BrO4. The number of halogens is 1. The Bertz CT molecular complexity index is 942. The first-order chi connectivity index (χ1) is 10.5. The molecule has 1 heterocycles. The molecule has 0 aliphatic carbocycles. The van der Waals surface area contributed by atoms with Crippen LogP contribution in [-0.2, 0) is 0 Å². The van der Waals surface area contributed by atoms with E-state index in [1.54, 1.807) is 0 Å². The number of hydrogen-bond acceptors (Lipinski definition) is 4. The quantitative estimate of drug-likeness (QED) is 0.699. The van der Waals surface area contributed by atoms with Crippen molar-refractivity contribution in [2.45, 2.75) is 6.92 Å². The molecule has 22 heavy (non-hydrogen) atoms. The second kappa shape index (κ2) is 5.42. The Morgan fingerprint density at radius 3 is 2.50 bits per heavy atom. The average molecular weight is 359 g/mol. The van der Waals surface area contributed by atoms with E-state index in [1.807, 2.05) is 30.3 Å². The first-order valence-corrected chi connectivity index (χ1v) is 7.34. The molecule has 0 bridgehead atoms. The number of carbonyl (C=O) groups is 1. The van der Waals surface area contributed by atoms with E-state index in [2.05, 4.69) is 15.9 Å². The van der Waals surface area contributed by atoms with Gasteiger partial charge >= 0.3 is 0 Å². The van der Waals surface area contributed by atoms with Gasteiger partial charge in [0.1, 0.15) is 16.9 Å². The monoisotopic (exact) mass is 358 g/mol. The maximum Gasteiger partial charge on any atom is 0.197 e. The van der Waals surface area contributed by atoms with Crippen LogP contribution in [0.4, 0.5) is 0 Å². The lowest BCUT2D eigenvalue weighted by atomic mass is 10.1. The van der Waals surface area contributed by atoms with Gasteiger partial charge in [-0.05, 0) is 28.9 Å². The molecule has 0 spiro atoms. The number of Topliss-reactive ketones (excluding diaryl/α,β-unsaturated/α-hetero) is 1. The maximum atomic E-state index is 12.3. The zero-order valence-electron chi connectivity index (χ0n) is 11.6. The maximum absolute atomic E-state index is 12.3. The summed E-state index contributed by atoms with van der Waals surface area (Å²) < 4.78 is 6.14. The summed E-state index contributed by atoms with van der Waals surface area (Å²) in [6, 6.07) is 11.7. The number of benzene rings is 2. The molecule has 0 fully saturated rings. The zero-order valence-corrected chi connectivity index (χ0v) is 13.2. The summed E-state index contributed by atoms with van der Waals surface area (Å²) >= 11 is 3.29. The number of rotatable bonds is 2. The third kappa shape index (κ3) is 2.33. The van der Waals surface area contributed by atoms with Gasteiger partial charge in [-0.15, -0.1) is 0 Å². The number of carbonyl (C=O) groups excluding carboxylic acids is 1. The summed E-state index contributed by atoms with van der Waals surface area (Å²) in [6.45, 7) is 1.38. The predicted octanol–water partition coefficient (Wildman–Crippen LogP) is 4.13. The van der Waals surface area contributed by atoms with Gasteiger partial charge in [0, 0.05) is 17.2 Å². The van der Waals surface area contributed by atoms with Crippen LogP contribution in [0.2, 0.25) is 0 Å². The number of ketones is 1. The van der Waals surface area contributed by atoms with E-state index in [0.29, 0.717) is 10.2 Å². The Labute approximate surface area is 134 Å². The number of phenolic OH excluding ortho intramolecular Hbond substituents is 1. The molecular weight excluding hydrogens is 348 g/mol. The van der Waals surface area contributed by atoms with Gasteiger partial charge in [-0.2, -0.15) is 0 Å². The lowest BCUT2D eigenvalue weighted by Crippen LogP contribution is -2.04. The van der Waals surface area contributed by atoms with Crippen LogP contribution in [0.15, 0.2) is 56.1 Å². The summed E-state index contributed by atoms with van der Waals surface area (Å²) in [6.07, 6.45) is 0. The predicted molar refractivity (Wildman–Crippen MR) is 87.3 cm³/mol. The molecule has 1 aromatic heterocycles. The van der Waals surface area contributed by atoms with Crippen LogP contribution in [0.1, 0.15) is 17.3 Å². The van der Waals surface area contributed by atoms with Crippen molar-refractivity contribution in [3.8, 4) is 17.1 Å². The minimum absolute atomic E-state index is 0.0524. The highest BCUT2D eigenvalue weighted by Crippen LogP contribution is 2.35. The Balaban J connectivity index is 2.40. The van der Waals surface area contributed by atoms with Gasteiger partial charge < -0.3 is 9.52 Å². The highest BCUT2D eigenvalue weighted by molar-refractivity contribution is 9.10. The Hall–Kier alpha value is -2.40. The van der Waals surface area contributed by atoms with Crippen molar-refractivity contribution in [1.82, 2.24) is 0 Å². The van der Waals surface area contributed by atoms with Crippen LogP contribution in [-0.4, -0.2) is 10.9 Å². The zero-order chi connectivity index (χ0) is 15.9. The molecule has 0 radical (unpaired) electrons. The van der Waals surface area contributed by atoms with E-state index >= 15 is 0 Å². The van der Waals surface area contributed by atoms with Crippen molar-refractivity contribution in [2.75, 3.05) is 0 Å². The highest BCUT2D eigenvalue weighted by Gasteiger charge is 2.18. The lowest BCUT2D eigenvalue weighted by molar-refractivity contribution is 0.101. The molecule has 3 aromatic rings. The summed E-state index contributed by atoms with van der Waals surface area (Å²) in [5.41, 5.74) is 0.796. The molecule has 1 N–H and O–H groups in total. The van der Waals surface area contributed by atoms with Crippen molar-refractivity contribution < 1.29 is 14.3 Å². The Morgan fingerprint density at radius 2 is 1.86 bits per heavy atom. The Kier molecular flexibility index (Phi) is 3.58. The summed E-state index contributed by atoms with van der Waals surface area (Å²) in [5, 5.41) is 10.1. The topological polar surface area (TPSA) is 67.5 Å². The van der Waals surface area contributed by atoms with Crippen molar-refractivity contribution in [3.63, 3.8) is 0 Å². The van der Waals surface area contributed by atoms with Gasteiger partial charge in [-0.1, -0.05) is 30.3 Å². The fourth-order valence-corrected chi connectivity index (χ4v) is 2.96. The van der Waals surface area contributed by atoms with Crippen LogP contribution in [0.5, 0.6) is 5.75 Å². The second-order valence-corrected chi connectivity index (χ2v) is 5.65. The van der Waals surface area contributed by atoms with Gasteiger partial charge in [0.15, 0.2) is 16.8 Å². The standard InChI is InChI=1S/C17H11BrO4/c1-9(19)11-7-12(20)15-13(21)8-14(22-17(15)16(11)18)10-5-3-2-4-6-10/h2-8,20H,1H3. The van der Waals surface area contributed by atoms with Gasteiger partial charge in [-0.3, -0.25) is 9.59 Å². The average Bonchev–Trinajstić information content (AvgIpc) is 2.50. The molecule has 0 atom stereocenters. The van der Waals surface area contributed by atoms with Crippen molar-refractivity contribution in [1.29, 1.82) is 0 Å². The number of phenols is 1. The second-order valence-electron chi connectivity index (χ2n) is 4.86. The Morgan fingerprint density at radius 1 is 1.18 bits per heavy atom. The van der Waals surface area contributed by atoms with Crippen LogP contribution in [0, 0.1) is 0 Å². The van der Waals surface area contributed by atoms with Crippen molar-refractivity contribution in [2.24, 2.45) is 0 Å². The molecule has 0 aliphatic rings. The fraction of sp³-hybridized carbons (Fsp3) is 0.0588. The number of hydrogen-bond donors (Lipinski definition) is 1. The molecule has 2 aromatic carbocycles. The fourth-order valence-electron chi connectivity index (χ4n) is 2.29. The van der Waals surface area contributed by atoms with E-state index in [-0.39, 0.29) is 33.5 Å². The van der Waals surface area contributed by atoms with E-state index < -0.39 is 0 Å². The first kappa shape index (κ1) is 14.5. The SMILES string of the molecule is CC(=O)c1cc(O)c2c(=O)cc(-c3ccccc3)oc2c1Br. The normalized spacial score (nSPS) is 10.8. The molecule has 0 amide bonds. The summed E-state index contributed by atoms with van der Waals surface area (Å²) in [4.78, 5) is 23.9. The van der Waals surface area contributed by atoms with Crippen molar-refractivity contribution in [3.05, 3.63) is 62.7 Å². The minimum Gasteiger partial charge on any atom is -0.507 e. The minimum atomic E-state index is -0.367. The van der Waals surface area contributed by atoms with Gasteiger partial charge in [0.25, 0.3) is 0 Å². The lowest BCUT2D eigenvalue weighted by Gasteiger charge is -2.08. The summed E-state index contributed by atoms with van der Waals surface area (Å²) in [5.74, 6) is -0.132. The van der Waals surface area contributed by atoms with Crippen LogP contribution < -0.4 is 5.43 Å². The highest BCUT2D eigenvalue weighted by atomic mass is 79.9. The molecule has 110 valence electrons. The van der Waals surface area contributed by atoms with Crippen LogP contribution >= 0.6 is 15.9 Å². The number of fused-ring (bicyclic) bond motifs is 1. The third-order valence-corrected chi connectivity index (χ3v) is 4.15. The van der Waals surface area contributed by atoms with E-state index in [4.69, 9.17) is 4.42 Å². The molecule has 3 rings (SSSR count). The first-order valence-electron chi connectivity index (χ1n) is 6.54. The van der Waals surface area contributed by atoms with Crippen molar-refractivity contribution >= 4 is 32.7 Å². The molecule has 0 unspecified atom stereocenters. The van der Waals surface area contributed by atoms with Crippen LogP contribution in [0.25, 0.3) is 22.3 Å².